The van der Waals surface area contributed by atoms with Gasteiger partial charge in [0.25, 0.3) is 0 Å². The zero-order valence-electron chi connectivity index (χ0n) is 13.5. The minimum atomic E-state index is -3.72. The first-order valence-corrected chi connectivity index (χ1v) is 9.42. The molecule has 1 aliphatic rings. The summed E-state index contributed by atoms with van der Waals surface area (Å²) < 4.78 is 40.5. The molecule has 128 valence electrons. The van der Waals surface area contributed by atoms with Crippen molar-refractivity contribution in [3.63, 3.8) is 0 Å². The topological polar surface area (TPSA) is 71.1 Å². The first-order valence-electron chi connectivity index (χ1n) is 7.94. The molecule has 0 radical (unpaired) electrons. The van der Waals surface area contributed by atoms with Crippen LogP contribution in [-0.2, 0) is 22.9 Å². The second kappa shape index (κ2) is 6.86. The minimum Gasteiger partial charge on any atom is -0.370 e. The van der Waals surface area contributed by atoms with Crippen LogP contribution in [0, 0.1) is 12.7 Å². The summed E-state index contributed by atoms with van der Waals surface area (Å²) in [6, 6.07) is 7.86. The molecule has 1 aromatic carbocycles. The molecule has 0 fully saturated rings. The highest BCUT2D eigenvalue weighted by Crippen LogP contribution is 2.20. The van der Waals surface area contributed by atoms with Crippen LogP contribution < -0.4 is 10.0 Å². The molecular formula is C17H20FN3O2S. The summed E-state index contributed by atoms with van der Waals surface area (Å²) >= 11 is 0. The predicted molar refractivity (Wildman–Crippen MR) is 91.1 cm³/mol. The highest BCUT2D eigenvalue weighted by Gasteiger charge is 2.16. The lowest BCUT2D eigenvalue weighted by Crippen LogP contribution is -2.26. The van der Waals surface area contributed by atoms with Crippen LogP contribution in [0.3, 0.4) is 0 Å². The molecule has 5 nitrogen and oxygen atoms in total. The Morgan fingerprint density at radius 2 is 2.12 bits per heavy atom. The second-order valence-electron chi connectivity index (χ2n) is 5.90. The van der Waals surface area contributed by atoms with E-state index in [0.717, 1.165) is 37.0 Å². The monoisotopic (exact) mass is 349 g/mol. The third-order valence-electron chi connectivity index (χ3n) is 4.08. The SMILES string of the molecule is Cc1ccc(S(=O)(=O)NCCc2ccc3c(n2)NCCC3)cc1F. The predicted octanol–water partition coefficient (Wildman–Crippen LogP) is 2.41. The Morgan fingerprint density at radius 3 is 2.92 bits per heavy atom. The lowest BCUT2D eigenvalue weighted by atomic mass is 10.1. The van der Waals surface area contributed by atoms with Crippen molar-refractivity contribution < 1.29 is 12.8 Å². The Balaban J connectivity index is 1.64. The molecule has 0 amide bonds. The molecule has 1 aliphatic heterocycles. The summed E-state index contributed by atoms with van der Waals surface area (Å²) in [6.45, 7) is 2.72. The zero-order chi connectivity index (χ0) is 17.2. The normalized spacial score (nSPS) is 14.1. The standard InChI is InChI=1S/C17H20FN3O2S/c1-12-4-7-15(11-16(12)18)24(22,23)20-10-8-14-6-5-13-3-2-9-19-17(13)21-14/h4-7,11,20H,2-3,8-10H2,1H3,(H,19,21). The summed E-state index contributed by atoms with van der Waals surface area (Å²) in [5, 5.41) is 3.26. The average molecular weight is 349 g/mol. The number of nitrogens with one attached hydrogen (secondary N) is 2. The third kappa shape index (κ3) is 3.73. The van der Waals surface area contributed by atoms with E-state index in [1.165, 1.54) is 17.7 Å². The van der Waals surface area contributed by atoms with Crippen LogP contribution in [0.4, 0.5) is 10.2 Å². The maximum Gasteiger partial charge on any atom is 0.240 e. The average Bonchev–Trinajstić information content (AvgIpc) is 2.57. The summed E-state index contributed by atoms with van der Waals surface area (Å²) in [6.07, 6.45) is 2.59. The third-order valence-corrected chi connectivity index (χ3v) is 5.54. The van der Waals surface area contributed by atoms with Crippen molar-refractivity contribution in [1.29, 1.82) is 0 Å². The van der Waals surface area contributed by atoms with Crippen LogP contribution in [0.15, 0.2) is 35.2 Å². The van der Waals surface area contributed by atoms with Crippen LogP contribution >= 0.6 is 0 Å². The quantitative estimate of drug-likeness (QED) is 0.870. The Kier molecular flexibility index (Phi) is 4.82. The lowest BCUT2D eigenvalue weighted by Gasteiger charge is -2.17. The number of aromatic nitrogens is 1. The number of benzene rings is 1. The van der Waals surface area contributed by atoms with E-state index in [1.807, 2.05) is 12.1 Å². The molecule has 0 aliphatic carbocycles. The van der Waals surface area contributed by atoms with Gasteiger partial charge in [0.2, 0.25) is 10.0 Å². The van der Waals surface area contributed by atoms with Crippen molar-refractivity contribution in [3.8, 4) is 0 Å². The molecule has 24 heavy (non-hydrogen) atoms. The summed E-state index contributed by atoms with van der Waals surface area (Å²) in [5.41, 5.74) is 2.43. The van der Waals surface area contributed by atoms with Gasteiger partial charge in [-0.2, -0.15) is 0 Å². The first-order chi connectivity index (χ1) is 11.5. The Bertz CT molecular complexity index is 853. The number of halogens is 1. The molecule has 1 aromatic heterocycles. The van der Waals surface area contributed by atoms with Crippen molar-refractivity contribution in [3.05, 3.63) is 53.0 Å². The second-order valence-corrected chi connectivity index (χ2v) is 7.67. The number of pyridine rings is 1. The maximum absolute atomic E-state index is 13.5. The van der Waals surface area contributed by atoms with E-state index in [9.17, 15) is 12.8 Å². The van der Waals surface area contributed by atoms with Gasteiger partial charge in [0.15, 0.2) is 0 Å². The van der Waals surface area contributed by atoms with E-state index < -0.39 is 15.8 Å². The Hall–Kier alpha value is -1.99. The molecule has 2 aromatic rings. The highest BCUT2D eigenvalue weighted by molar-refractivity contribution is 7.89. The summed E-state index contributed by atoms with van der Waals surface area (Å²) in [7, 11) is -3.72. The number of sulfonamides is 1. The highest BCUT2D eigenvalue weighted by atomic mass is 32.2. The fraction of sp³-hybridized carbons (Fsp3) is 0.353. The van der Waals surface area contributed by atoms with Crippen LogP contribution in [-0.4, -0.2) is 26.5 Å². The van der Waals surface area contributed by atoms with E-state index in [-0.39, 0.29) is 11.4 Å². The van der Waals surface area contributed by atoms with Gasteiger partial charge >= 0.3 is 0 Å². The van der Waals surface area contributed by atoms with Gasteiger partial charge in [0.05, 0.1) is 4.90 Å². The number of hydrogen-bond donors (Lipinski definition) is 2. The van der Waals surface area contributed by atoms with Crippen LogP contribution in [0.1, 0.15) is 23.2 Å². The van der Waals surface area contributed by atoms with Crippen molar-refractivity contribution >= 4 is 15.8 Å². The van der Waals surface area contributed by atoms with Crippen molar-refractivity contribution in [2.24, 2.45) is 0 Å². The van der Waals surface area contributed by atoms with Gasteiger partial charge in [0.1, 0.15) is 11.6 Å². The Morgan fingerprint density at radius 1 is 1.29 bits per heavy atom. The number of fused-ring (bicyclic) bond motifs is 1. The zero-order valence-corrected chi connectivity index (χ0v) is 14.3. The van der Waals surface area contributed by atoms with E-state index in [1.54, 1.807) is 6.92 Å². The summed E-state index contributed by atoms with van der Waals surface area (Å²) in [5.74, 6) is 0.363. The van der Waals surface area contributed by atoms with Crippen molar-refractivity contribution in [1.82, 2.24) is 9.71 Å². The van der Waals surface area contributed by atoms with Gasteiger partial charge < -0.3 is 5.32 Å². The lowest BCUT2D eigenvalue weighted by molar-refractivity contribution is 0.576. The van der Waals surface area contributed by atoms with E-state index in [4.69, 9.17) is 0 Å². The fourth-order valence-electron chi connectivity index (χ4n) is 2.65. The number of nitrogens with zero attached hydrogens (tertiary/aromatic N) is 1. The van der Waals surface area contributed by atoms with Crippen molar-refractivity contribution in [2.45, 2.75) is 31.1 Å². The van der Waals surface area contributed by atoms with Gasteiger partial charge in [0, 0.05) is 25.2 Å². The molecular weight excluding hydrogens is 329 g/mol. The van der Waals surface area contributed by atoms with Gasteiger partial charge in [-0.15, -0.1) is 0 Å². The van der Waals surface area contributed by atoms with Crippen molar-refractivity contribution in [2.75, 3.05) is 18.4 Å². The van der Waals surface area contributed by atoms with E-state index in [0.29, 0.717) is 12.0 Å². The molecule has 0 saturated carbocycles. The first kappa shape index (κ1) is 16.9. The molecule has 0 bridgehead atoms. The number of rotatable bonds is 5. The van der Waals surface area contributed by atoms with Gasteiger partial charge in [-0.1, -0.05) is 12.1 Å². The Labute approximate surface area is 141 Å². The van der Waals surface area contributed by atoms with Gasteiger partial charge in [-0.25, -0.2) is 22.5 Å². The molecule has 0 saturated heterocycles. The van der Waals surface area contributed by atoms with Gasteiger partial charge in [-0.3, -0.25) is 0 Å². The van der Waals surface area contributed by atoms with E-state index in [2.05, 4.69) is 15.0 Å². The van der Waals surface area contributed by atoms with Gasteiger partial charge in [-0.05, 0) is 49.1 Å². The van der Waals surface area contributed by atoms with Crippen LogP contribution in [0.25, 0.3) is 0 Å². The molecule has 3 rings (SSSR count). The molecule has 2 N–H and O–H groups in total. The van der Waals surface area contributed by atoms with E-state index >= 15 is 0 Å². The van der Waals surface area contributed by atoms with Crippen LogP contribution in [0.5, 0.6) is 0 Å². The molecule has 0 unspecified atom stereocenters. The smallest absolute Gasteiger partial charge is 0.240 e. The molecule has 7 heteroatoms. The number of aryl methyl sites for hydroxylation is 2. The largest absolute Gasteiger partial charge is 0.370 e. The minimum absolute atomic E-state index is 0.0642. The number of hydrogen-bond acceptors (Lipinski definition) is 4. The number of anilines is 1. The summed E-state index contributed by atoms with van der Waals surface area (Å²) in [4.78, 5) is 4.46. The molecule has 2 heterocycles. The molecule has 0 atom stereocenters. The molecule has 0 spiro atoms. The maximum atomic E-state index is 13.5. The fourth-order valence-corrected chi connectivity index (χ4v) is 3.69. The van der Waals surface area contributed by atoms with Crippen LogP contribution in [0.2, 0.25) is 0 Å².